The summed E-state index contributed by atoms with van der Waals surface area (Å²) in [6.45, 7) is 0.281. The Morgan fingerprint density at radius 2 is 1.46 bits per heavy atom. The Kier molecular flexibility index (Phi) is 7.30. The molecule has 0 aromatic heterocycles. The first-order chi connectivity index (χ1) is 17.7. The van der Waals surface area contributed by atoms with E-state index in [2.05, 4.69) is 5.32 Å². The number of unbranched alkanes of at least 4 members (excludes halogenated alkanes) is 1. The number of hydrogen-bond donors (Lipinski definition) is 6. The number of carboxylic acids is 2. The van der Waals surface area contributed by atoms with Gasteiger partial charge in [-0.2, -0.15) is 0 Å². The Bertz CT molecular complexity index is 1320. The summed E-state index contributed by atoms with van der Waals surface area (Å²) in [5.41, 5.74) is 7.20. The highest BCUT2D eigenvalue weighted by atomic mass is 16.5. The Labute approximate surface area is 211 Å². The van der Waals surface area contributed by atoms with Gasteiger partial charge in [-0.1, -0.05) is 18.2 Å². The Balaban J connectivity index is 1.61. The minimum atomic E-state index is -1.22. The SMILES string of the molecule is NC(CCCCNC(=O)c1ccc(C2c3ccc(O)cc3Oc3cc(O)ccc32)c(C(=O)O)c1)C(=O)O. The fraction of sp³-hybridized carbons (Fsp3) is 0.222. The van der Waals surface area contributed by atoms with Gasteiger partial charge < -0.3 is 36.2 Å². The fourth-order valence-corrected chi connectivity index (χ4v) is 4.37. The summed E-state index contributed by atoms with van der Waals surface area (Å²) in [5, 5.41) is 41.5. The molecule has 4 rings (SSSR count). The molecule has 1 atom stereocenters. The van der Waals surface area contributed by atoms with E-state index in [4.69, 9.17) is 15.6 Å². The molecule has 1 unspecified atom stereocenters. The molecule has 7 N–H and O–H groups in total. The number of fused-ring (bicyclic) bond motifs is 2. The van der Waals surface area contributed by atoms with E-state index in [1.165, 1.54) is 36.4 Å². The lowest BCUT2D eigenvalue weighted by Crippen LogP contribution is -2.30. The number of hydrogen-bond acceptors (Lipinski definition) is 7. The molecular weight excluding hydrogens is 480 g/mol. The first-order valence-corrected chi connectivity index (χ1v) is 11.6. The molecule has 3 aromatic carbocycles. The van der Waals surface area contributed by atoms with Crippen LogP contribution < -0.4 is 15.8 Å². The zero-order valence-corrected chi connectivity index (χ0v) is 19.7. The van der Waals surface area contributed by atoms with Crippen molar-refractivity contribution in [2.24, 2.45) is 5.73 Å². The van der Waals surface area contributed by atoms with Gasteiger partial charge in [-0.15, -0.1) is 0 Å². The quantitative estimate of drug-likeness (QED) is 0.186. The predicted octanol–water partition coefficient (Wildman–Crippen LogP) is 3.39. The third-order valence-electron chi connectivity index (χ3n) is 6.24. The van der Waals surface area contributed by atoms with Crippen LogP contribution in [0, 0.1) is 0 Å². The molecule has 192 valence electrons. The van der Waals surface area contributed by atoms with Gasteiger partial charge in [0.2, 0.25) is 0 Å². The molecule has 37 heavy (non-hydrogen) atoms. The number of carboxylic acid groups (broad SMARTS) is 2. The van der Waals surface area contributed by atoms with Crippen molar-refractivity contribution in [3.63, 3.8) is 0 Å². The lowest BCUT2D eigenvalue weighted by atomic mass is 9.80. The molecule has 0 fully saturated rings. The third-order valence-corrected chi connectivity index (χ3v) is 6.24. The second-order valence-electron chi connectivity index (χ2n) is 8.78. The van der Waals surface area contributed by atoms with Crippen molar-refractivity contribution in [3.8, 4) is 23.0 Å². The number of benzene rings is 3. The van der Waals surface area contributed by atoms with Crippen LogP contribution in [0.3, 0.4) is 0 Å². The molecule has 1 amide bonds. The molecule has 1 heterocycles. The topological polar surface area (TPSA) is 179 Å². The Morgan fingerprint density at radius 1 is 0.865 bits per heavy atom. The van der Waals surface area contributed by atoms with Gasteiger partial charge in [0.25, 0.3) is 5.91 Å². The van der Waals surface area contributed by atoms with Gasteiger partial charge in [-0.05, 0) is 49.1 Å². The number of ether oxygens (including phenoxy) is 1. The van der Waals surface area contributed by atoms with Crippen LogP contribution in [-0.2, 0) is 4.79 Å². The van der Waals surface area contributed by atoms with E-state index in [9.17, 15) is 29.7 Å². The normalized spacial score (nSPS) is 13.1. The molecule has 0 saturated heterocycles. The highest BCUT2D eigenvalue weighted by molar-refractivity contribution is 5.98. The number of carbonyl (C=O) groups excluding carboxylic acids is 1. The van der Waals surface area contributed by atoms with Crippen molar-refractivity contribution in [3.05, 3.63) is 82.4 Å². The number of rotatable bonds is 9. The maximum absolute atomic E-state index is 12.7. The molecule has 3 aromatic rings. The highest BCUT2D eigenvalue weighted by Crippen LogP contribution is 2.49. The molecule has 0 spiro atoms. The highest BCUT2D eigenvalue weighted by Gasteiger charge is 2.32. The minimum Gasteiger partial charge on any atom is -0.508 e. The van der Waals surface area contributed by atoms with Crippen LogP contribution in [0.5, 0.6) is 23.0 Å². The van der Waals surface area contributed by atoms with Gasteiger partial charge in [0.1, 0.15) is 29.0 Å². The summed E-state index contributed by atoms with van der Waals surface area (Å²) in [5.74, 6) is -2.77. The molecule has 10 nitrogen and oxygen atoms in total. The summed E-state index contributed by atoms with van der Waals surface area (Å²) in [4.78, 5) is 35.8. The van der Waals surface area contributed by atoms with Crippen LogP contribution in [0.15, 0.2) is 54.6 Å². The second-order valence-corrected chi connectivity index (χ2v) is 8.78. The number of phenols is 2. The molecule has 1 aliphatic rings. The lowest BCUT2D eigenvalue weighted by Gasteiger charge is -2.29. The first kappa shape index (κ1) is 25.5. The summed E-state index contributed by atoms with van der Waals surface area (Å²) in [6, 6.07) is 12.6. The second kappa shape index (κ2) is 10.6. The smallest absolute Gasteiger partial charge is 0.336 e. The monoisotopic (exact) mass is 506 g/mol. The molecule has 0 saturated carbocycles. The van der Waals surface area contributed by atoms with E-state index in [0.717, 1.165) is 0 Å². The van der Waals surface area contributed by atoms with Crippen molar-refractivity contribution < 1.29 is 39.5 Å². The summed E-state index contributed by atoms with van der Waals surface area (Å²) >= 11 is 0. The largest absolute Gasteiger partial charge is 0.508 e. The maximum Gasteiger partial charge on any atom is 0.336 e. The summed E-state index contributed by atoms with van der Waals surface area (Å²) in [7, 11) is 0. The minimum absolute atomic E-state index is 0.0310. The molecule has 0 aliphatic carbocycles. The fourth-order valence-electron chi connectivity index (χ4n) is 4.37. The third kappa shape index (κ3) is 5.49. The number of nitrogens with one attached hydrogen (secondary N) is 1. The van der Waals surface area contributed by atoms with Crippen molar-refractivity contribution in [1.29, 1.82) is 0 Å². The van der Waals surface area contributed by atoms with Crippen LogP contribution in [0.1, 0.15) is 62.6 Å². The van der Waals surface area contributed by atoms with Gasteiger partial charge in [0, 0.05) is 41.3 Å². The summed E-state index contributed by atoms with van der Waals surface area (Å²) < 4.78 is 5.87. The zero-order valence-electron chi connectivity index (χ0n) is 19.7. The number of nitrogens with two attached hydrogens (primary N) is 1. The first-order valence-electron chi connectivity index (χ1n) is 11.6. The van der Waals surface area contributed by atoms with Crippen molar-refractivity contribution in [2.75, 3.05) is 6.54 Å². The van der Waals surface area contributed by atoms with Crippen LogP contribution in [0.25, 0.3) is 0 Å². The van der Waals surface area contributed by atoms with Gasteiger partial charge >= 0.3 is 11.9 Å². The van der Waals surface area contributed by atoms with E-state index < -0.39 is 29.8 Å². The van der Waals surface area contributed by atoms with E-state index >= 15 is 0 Å². The van der Waals surface area contributed by atoms with E-state index in [1.807, 2.05) is 0 Å². The number of carbonyl (C=O) groups is 3. The Morgan fingerprint density at radius 3 is 2.03 bits per heavy atom. The average molecular weight is 507 g/mol. The van der Waals surface area contributed by atoms with Gasteiger partial charge in [-0.3, -0.25) is 9.59 Å². The van der Waals surface area contributed by atoms with Gasteiger partial charge in [-0.25, -0.2) is 4.79 Å². The lowest BCUT2D eigenvalue weighted by molar-refractivity contribution is -0.138. The number of aromatic hydroxyl groups is 2. The number of aliphatic carboxylic acids is 1. The standard InChI is InChI=1S/C27H26N2O8/c28-21(27(35)36)3-1-2-10-29-25(32)14-4-7-17(20(11-14)26(33)34)24-18-8-5-15(30)12-22(18)37-23-13-16(31)6-9-19(23)24/h4-9,11-13,21,24,30-31H,1-3,10,28H2,(H,29,32)(H,33,34)(H,35,36). The van der Waals surface area contributed by atoms with Crippen LogP contribution in [-0.4, -0.2) is 50.9 Å². The van der Waals surface area contributed by atoms with Crippen LogP contribution in [0.4, 0.5) is 0 Å². The van der Waals surface area contributed by atoms with E-state index in [-0.39, 0.29) is 35.6 Å². The number of amides is 1. The molecule has 1 aliphatic heterocycles. The number of phenolic OH excluding ortho intramolecular Hbond substituents is 2. The van der Waals surface area contributed by atoms with Crippen molar-refractivity contribution in [2.45, 2.75) is 31.2 Å². The average Bonchev–Trinajstić information content (AvgIpc) is 2.86. The van der Waals surface area contributed by atoms with Crippen molar-refractivity contribution in [1.82, 2.24) is 5.32 Å². The molecule has 10 heteroatoms. The van der Waals surface area contributed by atoms with Gasteiger partial charge in [0.15, 0.2) is 0 Å². The molecular formula is C27H26N2O8. The van der Waals surface area contributed by atoms with Crippen LogP contribution >= 0.6 is 0 Å². The van der Waals surface area contributed by atoms with Crippen molar-refractivity contribution >= 4 is 17.8 Å². The maximum atomic E-state index is 12.7. The molecule has 0 radical (unpaired) electrons. The van der Waals surface area contributed by atoms with E-state index in [0.29, 0.717) is 41.0 Å². The number of aromatic carboxylic acids is 1. The zero-order chi connectivity index (χ0) is 26.7. The Hall–Kier alpha value is -4.57. The van der Waals surface area contributed by atoms with Crippen LogP contribution in [0.2, 0.25) is 0 Å². The van der Waals surface area contributed by atoms with E-state index in [1.54, 1.807) is 18.2 Å². The van der Waals surface area contributed by atoms with Gasteiger partial charge in [0.05, 0.1) is 5.56 Å². The predicted molar refractivity (Wildman–Crippen MR) is 132 cm³/mol. The molecule has 0 bridgehead atoms. The summed E-state index contributed by atoms with van der Waals surface area (Å²) in [6.07, 6.45) is 1.32.